The molecule has 0 atom stereocenters. The molecule has 0 radical (unpaired) electrons. The summed E-state index contributed by atoms with van der Waals surface area (Å²) in [7, 11) is 1.63. The van der Waals surface area contributed by atoms with Gasteiger partial charge in [-0.05, 0) is 12.1 Å². The van der Waals surface area contributed by atoms with Gasteiger partial charge in [0.1, 0.15) is 5.65 Å². The van der Waals surface area contributed by atoms with Crippen LogP contribution >= 0.6 is 0 Å². The highest BCUT2D eigenvalue weighted by atomic mass is 16.5. The van der Waals surface area contributed by atoms with Crippen LogP contribution in [0.1, 0.15) is 5.69 Å². The Balaban J connectivity index is 2.39. The number of ether oxygens (including phenoxy) is 1. The van der Waals surface area contributed by atoms with Gasteiger partial charge in [-0.2, -0.15) is 0 Å². The number of anilines is 1. The third-order valence-corrected chi connectivity index (χ3v) is 2.99. The van der Waals surface area contributed by atoms with E-state index in [2.05, 4.69) is 4.98 Å². The number of nitrogens with zero attached hydrogens (tertiary/aromatic N) is 3. The molecule has 0 aliphatic rings. The molecule has 0 amide bonds. The summed E-state index contributed by atoms with van der Waals surface area (Å²) in [5.74, 6) is 0.694. The van der Waals surface area contributed by atoms with Crippen LogP contribution < -0.4 is 4.90 Å². The van der Waals surface area contributed by atoms with Gasteiger partial charge >= 0.3 is 0 Å². The van der Waals surface area contributed by atoms with Crippen molar-refractivity contribution in [2.24, 2.45) is 0 Å². The molecule has 0 aromatic carbocycles. The molecule has 0 aliphatic heterocycles. The standard InChI is InChI=1S/C13H19N3O3/c1-19-9-7-15(6-8-17)13-11(10-18)16-5-3-2-4-12(16)14-13/h2-5,17-18H,6-10H2,1H3. The molecule has 0 bridgehead atoms. The van der Waals surface area contributed by atoms with Crippen molar-refractivity contribution in [2.45, 2.75) is 6.61 Å². The number of hydrogen-bond acceptors (Lipinski definition) is 5. The van der Waals surface area contributed by atoms with Crippen molar-refractivity contribution in [2.75, 3.05) is 38.3 Å². The van der Waals surface area contributed by atoms with Crippen LogP contribution in [-0.2, 0) is 11.3 Å². The van der Waals surface area contributed by atoms with Gasteiger partial charge in [-0.15, -0.1) is 0 Å². The maximum Gasteiger partial charge on any atom is 0.153 e. The van der Waals surface area contributed by atoms with Crippen molar-refractivity contribution >= 4 is 11.5 Å². The number of imidazole rings is 1. The summed E-state index contributed by atoms with van der Waals surface area (Å²) in [6.07, 6.45) is 1.87. The van der Waals surface area contributed by atoms with Gasteiger partial charge < -0.3 is 19.8 Å². The first kappa shape index (κ1) is 13.8. The van der Waals surface area contributed by atoms with Crippen LogP contribution in [-0.4, -0.2) is 53.0 Å². The zero-order valence-electron chi connectivity index (χ0n) is 11.0. The van der Waals surface area contributed by atoms with Gasteiger partial charge in [-0.25, -0.2) is 4.98 Å². The molecule has 0 spiro atoms. The van der Waals surface area contributed by atoms with Gasteiger partial charge in [-0.3, -0.25) is 4.40 Å². The Morgan fingerprint density at radius 2 is 2.16 bits per heavy atom. The van der Waals surface area contributed by atoms with E-state index in [1.165, 1.54) is 0 Å². The third-order valence-electron chi connectivity index (χ3n) is 2.99. The molecule has 0 saturated carbocycles. The minimum atomic E-state index is -0.102. The van der Waals surface area contributed by atoms with Crippen LogP contribution in [0.5, 0.6) is 0 Å². The highest BCUT2D eigenvalue weighted by Gasteiger charge is 2.17. The number of methoxy groups -OCH3 is 1. The second kappa shape index (κ2) is 6.51. The minimum absolute atomic E-state index is 0.0302. The van der Waals surface area contributed by atoms with Crippen LogP contribution in [0.25, 0.3) is 5.65 Å². The highest BCUT2D eigenvalue weighted by Crippen LogP contribution is 2.21. The molecular weight excluding hydrogens is 246 g/mol. The number of aliphatic hydroxyl groups excluding tert-OH is 2. The fourth-order valence-electron chi connectivity index (χ4n) is 2.08. The average Bonchev–Trinajstić information content (AvgIpc) is 2.81. The predicted octanol–water partition coefficient (Wildman–Crippen LogP) is 0.272. The monoisotopic (exact) mass is 265 g/mol. The van der Waals surface area contributed by atoms with Crippen molar-refractivity contribution in [3.05, 3.63) is 30.1 Å². The number of fused-ring (bicyclic) bond motifs is 1. The molecule has 0 aliphatic carbocycles. The SMILES string of the molecule is COCCN(CCO)c1nc2ccccn2c1CO. The zero-order chi connectivity index (χ0) is 13.7. The fourth-order valence-corrected chi connectivity index (χ4v) is 2.08. The van der Waals surface area contributed by atoms with Gasteiger partial charge in [0, 0.05) is 26.4 Å². The largest absolute Gasteiger partial charge is 0.395 e. The van der Waals surface area contributed by atoms with Crippen LogP contribution in [0.15, 0.2) is 24.4 Å². The Morgan fingerprint density at radius 1 is 1.32 bits per heavy atom. The summed E-state index contributed by atoms with van der Waals surface area (Å²) in [6, 6.07) is 5.68. The van der Waals surface area contributed by atoms with Crippen LogP contribution in [0.3, 0.4) is 0 Å². The average molecular weight is 265 g/mol. The molecule has 0 saturated heterocycles. The number of pyridine rings is 1. The summed E-state index contributed by atoms with van der Waals surface area (Å²) in [6.45, 7) is 1.55. The first-order valence-corrected chi connectivity index (χ1v) is 6.23. The molecule has 2 heterocycles. The van der Waals surface area contributed by atoms with E-state index >= 15 is 0 Å². The van der Waals surface area contributed by atoms with Crippen LogP contribution in [0, 0.1) is 0 Å². The quantitative estimate of drug-likeness (QED) is 0.752. The molecule has 104 valence electrons. The maximum absolute atomic E-state index is 9.57. The lowest BCUT2D eigenvalue weighted by Crippen LogP contribution is -2.31. The Kier molecular flexibility index (Phi) is 4.73. The van der Waals surface area contributed by atoms with Crippen molar-refractivity contribution in [1.82, 2.24) is 9.38 Å². The van der Waals surface area contributed by atoms with E-state index in [4.69, 9.17) is 9.84 Å². The molecule has 6 nitrogen and oxygen atoms in total. The van der Waals surface area contributed by atoms with E-state index in [-0.39, 0.29) is 13.2 Å². The number of hydrogen-bond donors (Lipinski definition) is 2. The molecule has 0 unspecified atom stereocenters. The maximum atomic E-state index is 9.57. The van der Waals surface area contributed by atoms with Crippen molar-refractivity contribution in [3.63, 3.8) is 0 Å². The summed E-state index contributed by atoms with van der Waals surface area (Å²) in [5.41, 5.74) is 1.50. The second-order valence-electron chi connectivity index (χ2n) is 4.17. The lowest BCUT2D eigenvalue weighted by atomic mass is 10.3. The Hall–Kier alpha value is -1.63. The lowest BCUT2D eigenvalue weighted by molar-refractivity contribution is 0.202. The fraction of sp³-hybridized carbons (Fsp3) is 0.462. The van der Waals surface area contributed by atoms with E-state index in [1.54, 1.807) is 7.11 Å². The molecule has 0 fully saturated rings. The third kappa shape index (κ3) is 2.86. The second-order valence-corrected chi connectivity index (χ2v) is 4.17. The highest BCUT2D eigenvalue weighted by molar-refractivity contribution is 5.55. The van der Waals surface area contributed by atoms with E-state index in [0.717, 1.165) is 11.3 Å². The smallest absolute Gasteiger partial charge is 0.153 e. The normalized spacial score (nSPS) is 11.1. The van der Waals surface area contributed by atoms with Gasteiger partial charge in [0.25, 0.3) is 0 Å². The summed E-state index contributed by atoms with van der Waals surface area (Å²) in [5, 5.41) is 18.7. The van der Waals surface area contributed by atoms with E-state index < -0.39 is 0 Å². The summed E-state index contributed by atoms with van der Waals surface area (Å²) >= 11 is 0. The molecule has 6 heteroatoms. The molecule has 19 heavy (non-hydrogen) atoms. The summed E-state index contributed by atoms with van der Waals surface area (Å²) < 4.78 is 6.92. The van der Waals surface area contributed by atoms with Crippen molar-refractivity contribution in [3.8, 4) is 0 Å². The van der Waals surface area contributed by atoms with Gasteiger partial charge in [0.05, 0.1) is 25.5 Å². The van der Waals surface area contributed by atoms with E-state index in [9.17, 15) is 5.11 Å². The zero-order valence-corrected chi connectivity index (χ0v) is 11.0. The van der Waals surface area contributed by atoms with E-state index in [0.29, 0.717) is 25.5 Å². The van der Waals surface area contributed by atoms with Gasteiger partial charge in [0.15, 0.2) is 5.82 Å². The Bertz CT molecular complexity index is 527. The number of aromatic nitrogens is 2. The number of aliphatic hydroxyl groups is 2. The van der Waals surface area contributed by atoms with Crippen molar-refractivity contribution in [1.29, 1.82) is 0 Å². The van der Waals surface area contributed by atoms with Crippen LogP contribution in [0.2, 0.25) is 0 Å². The van der Waals surface area contributed by atoms with Gasteiger partial charge in [-0.1, -0.05) is 6.07 Å². The molecule has 2 aromatic heterocycles. The molecule has 2 aromatic rings. The number of rotatable bonds is 7. The predicted molar refractivity (Wildman–Crippen MR) is 72.3 cm³/mol. The molecular formula is C13H19N3O3. The molecule has 2 N–H and O–H groups in total. The Morgan fingerprint density at radius 3 is 2.84 bits per heavy atom. The lowest BCUT2D eigenvalue weighted by Gasteiger charge is -2.22. The first-order chi connectivity index (χ1) is 9.31. The minimum Gasteiger partial charge on any atom is -0.395 e. The molecule has 2 rings (SSSR count). The van der Waals surface area contributed by atoms with E-state index in [1.807, 2.05) is 33.7 Å². The first-order valence-electron chi connectivity index (χ1n) is 6.23. The topological polar surface area (TPSA) is 70.2 Å². The van der Waals surface area contributed by atoms with Crippen LogP contribution in [0.4, 0.5) is 5.82 Å². The summed E-state index contributed by atoms with van der Waals surface area (Å²) in [4.78, 5) is 6.44. The van der Waals surface area contributed by atoms with Crippen molar-refractivity contribution < 1.29 is 14.9 Å². The Labute approximate surface area is 111 Å². The van der Waals surface area contributed by atoms with Gasteiger partial charge in [0.2, 0.25) is 0 Å².